The van der Waals surface area contributed by atoms with Gasteiger partial charge in [-0.05, 0) is 12.1 Å². The molecule has 0 unspecified atom stereocenters. The van der Waals surface area contributed by atoms with Gasteiger partial charge in [0.05, 0.1) is 17.6 Å². The maximum atomic E-state index is 11.0. The Morgan fingerprint density at radius 1 is 1.19 bits per heavy atom. The number of benzene rings is 2. The van der Waals surface area contributed by atoms with Gasteiger partial charge < -0.3 is 14.6 Å². The molecule has 0 amide bonds. The van der Waals surface area contributed by atoms with Crippen molar-refractivity contribution < 1.29 is 24.3 Å². The molecule has 0 atom stereocenters. The topological polar surface area (TPSA) is 98.9 Å². The van der Waals surface area contributed by atoms with Crippen LogP contribution in [0.15, 0.2) is 36.4 Å². The number of aldehydes is 1. The SMILES string of the molecule is COc1cc(O)c(C=O)c(Oc2ccc([N+](=O)[O-])cc2)c1. The van der Waals surface area contributed by atoms with Crippen molar-refractivity contribution in [3.05, 3.63) is 52.1 Å². The Balaban J connectivity index is 2.36. The van der Waals surface area contributed by atoms with Gasteiger partial charge in [-0.15, -0.1) is 0 Å². The highest BCUT2D eigenvalue weighted by Crippen LogP contribution is 2.35. The summed E-state index contributed by atoms with van der Waals surface area (Å²) in [6.07, 6.45) is 0.454. The summed E-state index contributed by atoms with van der Waals surface area (Å²) in [5.41, 5.74) is -0.111. The van der Waals surface area contributed by atoms with Gasteiger partial charge in [-0.3, -0.25) is 14.9 Å². The number of phenols is 1. The lowest BCUT2D eigenvalue weighted by Gasteiger charge is -2.11. The van der Waals surface area contributed by atoms with E-state index in [1.165, 1.54) is 43.5 Å². The molecule has 2 aromatic rings. The lowest BCUT2D eigenvalue weighted by atomic mass is 10.2. The maximum Gasteiger partial charge on any atom is 0.269 e. The van der Waals surface area contributed by atoms with Crippen LogP contribution in [0, 0.1) is 10.1 Å². The second-order valence-corrected chi connectivity index (χ2v) is 4.03. The lowest BCUT2D eigenvalue weighted by Crippen LogP contribution is -1.94. The molecule has 0 heterocycles. The number of carbonyl (C=O) groups excluding carboxylic acids is 1. The molecule has 21 heavy (non-hydrogen) atoms. The molecule has 1 N–H and O–H groups in total. The van der Waals surface area contributed by atoms with E-state index in [4.69, 9.17) is 9.47 Å². The van der Waals surface area contributed by atoms with Gasteiger partial charge in [-0.25, -0.2) is 0 Å². The third kappa shape index (κ3) is 3.08. The van der Waals surface area contributed by atoms with Gasteiger partial charge in [0.1, 0.15) is 23.0 Å². The number of phenolic OH excluding ortho intramolecular Hbond substituents is 1. The van der Waals surface area contributed by atoms with E-state index in [2.05, 4.69) is 0 Å². The Kier molecular flexibility index (Phi) is 4.03. The van der Waals surface area contributed by atoms with Crippen molar-refractivity contribution >= 4 is 12.0 Å². The molecule has 2 rings (SSSR count). The predicted octanol–water partition coefficient (Wildman–Crippen LogP) is 2.91. The fourth-order valence-corrected chi connectivity index (χ4v) is 1.67. The molecular formula is C14H11NO6. The molecule has 2 aromatic carbocycles. The Bertz CT molecular complexity index is 681. The minimum absolute atomic E-state index is 0.0332. The number of aromatic hydroxyl groups is 1. The van der Waals surface area contributed by atoms with Crippen LogP contribution in [0.5, 0.6) is 23.0 Å². The van der Waals surface area contributed by atoms with E-state index in [1.54, 1.807) is 0 Å². The summed E-state index contributed by atoms with van der Waals surface area (Å²) < 4.78 is 10.4. The molecule has 0 aliphatic rings. The molecule has 0 spiro atoms. The number of nitrogens with zero attached hydrogens (tertiary/aromatic N) is 1. The highest BCUT2D eigenvalue weighted by molar-refractivity contribution is 5.84. The molecule has 0 aromatic heterocycles. The summed E-state index contributed by atoms with van der Waals surface area (Å²) in [7, 11) is 1.41. The van der Waals surface area contributed by atoms with Crippen LogP contribution in [0.3, 0.4) is 0 Å². The lowest BCUT2D eigenvalue weighted by molar-refractivity contribution is -0.384. The molecular weight excluding hydrogens is 278 g/mol. The first-order valence-corrected chi connectivity index (χ1v) is 5.83. The molecule has 108 valence electrons. The van der Waals surface area contributed by atoms with E-state index in [0.29, 0.717) is 12.0 Å². The molecule has 0 saturated heterocycles. The van der Waals surface area contributed by atoms with Gasteiger partial charge in [0.2, 0.25) is 0 Å². The number of carbonyl (C=O) groups is 1. The van der Waals surface area contributed by atoms with Crippen LogP contribution in [0.25, 0.3) is 0 Å². The molecule has 7 heteroatoms. The summed E-state index contributed by atoms with van der Waals surface area (Å²) in [5, 5.41) is 20.3. The first-order chi connectivity index (χ1) is 10.0. The average Bonchev–Trinajstić information content (AvgIpc) is 2.47. The van der Waals surface area contributed by atoms with E-state index < -0.39 is 4.92 Å². The highest BCUT2D eigenvalue weighted by Gasteiger charge is 2.13. The fraction of sp³-hybridized carbons (Fsp3) is 0.0714. The highest BCUT2D eigenvalue weighted by atomic mass is 16.6. The van der Waals surface area contributed by atoms with E-state index in [9.17, 15) is 20.0 Å². The predicted molar refractivity (Wildman–Crippen MR) is 73.2 cm³/mol. The molecule has 0 radical (unpaired) electrons. The Morgan fingerprint density at radius 2 is 1.86 bits per heavy atom. The fourth-order valence-electron chi connectivity index (χ4n) is 1.67. The van der Waals surface area contributed by atoms with Crippen molar-refractivity contribution in [2.45, 2.75) is 0 Å². The standard InChI is InChI=1S/C14H11NO6/c1-20-11-6-13(17)12(8-16)14(7-11)21-10-4-2-9(3-5-10)15(18)19/h2-8,17H,1H3. The number of ether oxygens (including phenoxy) is 2. The van der Waals surface area contributed by atoms with E-state index >= 15 is 0 Å². The van der Waals surface area contributed by atoms with E-state index in [0.717, 1.165) is 0 Å². The van der Waals surface area contributed by atoms with E-state index in [-0.39, 0.29) is 28.5 Å². The molecule has 0 bridgehead atoms. The smallest absolute Gasteiger partial charge is 0.269 e. The molecule has 0 aliphatic heterocycles. The van der Waals surface area contributed by atoms with Gasteiger partial charge in [0, 0.05) is 24.3 Å². The van der Waals surface area contributed by atoms with Crippen molar-refractivity contribution in [2.24, 2.45) is 0 Å². The minimum atomic E-state index is -0.530. The second kappa shape index (κ2) is 5.91. The Morgan fingerprint density at radius 3 is 2.38 bits per heavy atom. The quantitative estimate of drug-likeness (QED) is 0.516. The third-order valence-electron chi connectivity index (χ3n) is 2.72. The maximum absolute atomic E-state index is 11.0. The minimum Gasteiger partial charge on any atom is -0.507 e. The molecule has 0 aliphatic carbocycles. The number of hydrogen-bond donors (Lipinski definition) is 1. The summed E-state index contributed by atoms with van der Waals surface area (Å²) in [5.74, 6) is 0.420. The van der Waals surface area contributed by atoms with Crippen LogP contribution < -0.4 is 9.47 Å². The average molecular weight is 289 g/mol. The number of methoxy groups -OCH3 is 1. The number of hydrogen-bond acceptors (Lipinski definition) is 6. The zero-order valence-electron chi connectivity index (χ0n) is 11.0. The van der Waals surface area contributed by atoms with Crippen LogP contribution >= 0.6 is 0 Å². The first kappa shape index (κ1) is 14.3. The molecule has 7 nitrogen and oxygen atoms in total. The normalized spacial score (nSPS) is 9.95. The number of non-ortho nitro benzene ring substituents is 1. The van der Waals surface area contributed by atoms with Gasteiger partial charge in [-0.1, -0.05) is 0 Å². The largest absolute Gasteiger partial charge is 0.507 e. The van der Waals surface area contributed by atoms with Crippen LogP contribution in [-0.2, 0) is 0 Å². The third-order valence-corrected chi connectivity index (χ3v) is 2.72. The molecule has 0 saturated carbocycles. The van der Waals surface area contributed by atoms with Crippen molar-refractivity contribution in [1.82, 2.24) is 0 Å². The summed E-state index contributed by atoms with van der Waals surface area (Å²) in [4.78, 5) is 21.0. The van der Waals surface area contributed by atoms with Gasteiger partial charge in [0.25, 0.3) is 5.69 Å². The van der Waals surface area contributed by atoms with Crippen LogP contribution in [-0.4, -0.2) is 23.4 Å². The van der Waals surface area contributed by atoms with Crippen molar-refractivity contribution in [1.29, 1.82) is 0 Å². The van der Waals surface area contributed by atoms with E-state index in [1.807, 2.05) is 0 Å². The van der Waals surface area contributed by atoms with Crippen LogP contribution in [0.4, 0.5) is 5.69 Å². The first-order valence-electron chi connectivity index (χ1n) is 5.83. The molecule has 0 fully saturated rings. The van der Waals surface area contributed by atoms with Gasteiger partial charge in [-0.2, -0.15) is 0 Å². The number of nitro groups is 1. The number of rotatable bonds is 5. The van der Waals surface area contributed by atoms with Crippen molar-refractivity contribution in [2.75, 3.05) is 7.11 Å². The monoisotopic (exact) mass is 289 g/mol. The summed E-state index contributed by atoms with van der Waals surface area (Å²) in [6.45, 7) is 0. The summed E-state index contributed by atoms with van der Waals surface area (Å²) >= 11 is 0. The zero-order chi connectivity index (χ0) is 15.4. The second-order valence-electron chi connectivity index (χ2n) is 4.03. The van der Waals surface area contributed by atoms with Crippen LogP contribution in [0.1, 0.15) is 10.4 Å². The summed E-state index contributed by atoms with van der Waals surface area (Å²) in [6, 6.07) is 8.05. The zero-order valence-corrected chi connectivity index (χ0v) is 11.0. The Labute approximate surface area is 119 Å². The number of nitro benzene ring substituents is 1. The van der Waals surface area contributed by atoms with Crippen molar-refractivity contribution in [3.8, 4) is 23.0 Å². The van der Waals surface area contributed by atoms with Crippen LogP contribution in [0.2, 0.25) is 0 Å². The Hall–Kier alpha value is -3.09. The van der Waals surface area contributed by atoms with Gasteiger partial charge >= 0.3 is 0 Å². The van der Waals surface area contributed by atoms with Gasteiger partial charge in [0.15, 0.2) is 6.29 Å². The van der Waals surface area contributed by atoms with Crippen molar-refractivity contribution in [3.63, 3.8) is 0 Å².